The molecule has 8 heteroatoms. The predicted octanol–water partition coefficient (Wildman–Crippen LogP) is -0.576. The topological polar surface area (TPSA) is 66.6 Å². The van der Waals surface area contributed by atoms with Crippen LogP contribution in [0.4, 0.5) is 13.2 Å². The molecule has 0 saturated carbocycles. The Balaban J connectivity index is 2.33. The number of amides is 2. The molecule has 1 saturated heterocycles. The molecule has 0 bridgehead atoms. The van der Waals surface area contributed by atoms with Crippen LogP contribution in [0.5, 0.6) is 0 Å². The van der Waals surface area contributed by atoms with E-state index in [9.17, 15) is 22.8 Å². The largest absolute Gasteiger partial charge is 0.471 e. The smallest absolute Gasteiger partial charge is 0.344 e. The average Bonchev–Trinajstić information content (AvgIpc) is 2.18. The highest BCUT2D eigenvalue weighted by atomic mass is 19.4. The Hall–Kier alpha value is -1.31. The van der Waals surface area contributed by atoms with Gasteiger partial charge in [-0.1, -0.05) is 0 Å². The van der Waals surface area contributed by atoms with Gasteiger partial charge < -0.3 is 15.5 Å². The lowest BCUT2D eigenvalue weighted by Gasteiger charge is -2.41. The fraction of sp³-hybridized carbons (Fsp3) is 0.778. The summed E-state index contributed by atoms with van der Waals surface area (Å²) in [5.74, 6) is -2.20. The van der Waals surface area contributed by atoms with Crippen LogP contribution in [0.25, 0.3) is 0 Å². The first kappa shape index (κ1) is 13.8. The zero-order chi connectivity index (χ0) is 13.2. The van der Waals surface area contributed by atoms with E-state index >= 15 is 0 Å². The van der Waals surface area contributed by atoms with Crippen LogP contribution in [-0.4, -0.2) is 61.0 Å². The van der Waals surface area contributed by atoms with E-state index in [1.807, 2.05) is 0 Å². The average molecular weight is 253 g/mol. The molecule has 0 aromatic rings. The zero-order valence-electron chi connectivity index (χ0n) is 9.33. The molecule has 1 fully saturated rings. The fourth-order valence-corrected chi connectivity index (χ4v) is 1.68. The molecule has 1 heterocycles. The van der Waals surface area contributed by atoms with E-state index in [1.54, 1.807) is 0 Å². The van der Waals surface area contributed by atoms with Crippen LogP contribution in [0.15, 0.2) is 0 Å². The molecule has 0 radical (unpaired) electrons. The van der Waals surface area contributed by atoms with Gasteiger partial charge in [0.25, 0.3) is 0 Å². The fourth-order valence-electron chi connectivity index (χ4n) is 1.68. The van der Waals surface area contributed by atoms with E-state index in [4.69, 9.17) is 5.73 Å². The molecule has 2 N–H and O–H groups in total. The number of alkyl halides is 3. The normalized spacial score (nSPS) is 16.6. The van der Waals surface area contributed by atoms with Gasteiger partial charge in [0.1, 0.15) is 0 Å². The summed E-state index contributed by atoms with van der Waals surface area (Å²) in [4.78, 5) is 24.0. The third-order valence-corrected chi connectivity index (χ3v) is 2.62. The van der Waals surface area contributed by atoms with Crippen molar-refractivity contribution < 1.29 is 22.8 Å². The second-order valence-electron chi connectivity index (χ2n) is 4.05. The lowest BCUT2D eigenvalue weighted by atomic mass is 9.99. The van der Waals surface area contributed by atoms with Gasteiger partial charge in [-0.25, -0.2) is 0 Å². The van der Waals surface area contributed by atoms with Crippen molar-refractivity contribution in [3.8, 4) is 0 Å². The minimum Gasteiger partial charge on any atom is -0.344 e. The van der Waals surface area contributed by atoms with Gasteiger partial charge >= 0.3 is 12.1 Å². The summed E-state index contributed by atoms with van der Waals surface area (Å²) in [6.45, 7) is 0.243. The number of carbonyl (C=O) groups excluding carboxylic acids is 2. The highest BCUT2D eigenvalue weighted by Gasteiger charge is 2.46. The van der Waals surface area contributed by atoms with Crippen molar-refractivity contribution in [2.75, 3.05) is 33.2 Å². The third kappa shape index (κ3) is 3.32. The number of carbonyl (C=O) groups is 2. The summed E-state index contributed by atoms with van der Waals surface area (Å²) in [6.07, 6.45) is -4.82. The Morgan fingerprint density at radius 3 is 2.35 bits per heavy atom. The third-order valence-electron chi connectivity index (χ3n) is 2.62. The van der Waals surface area contributed by atoms with Crippen molar-refractivity contribution in [3.63, 3.8) is 0 Å². The van der Waals surface area contributed by atoms with E-state index in [0.29, 0.717) is 6.54 Å². The maximum Gasteiger partial charge on any atom is 0.471 e. The number of nitrogens with zero attached hydrogens (tertiary/aromatic N) is 2. The molecule has 1 aliphatic rings. The van der Waals surface area contributed by atoms with E-state index < -0.39 is 12.1 Å². The second-order valence-corrected chi connectivity index (χ2v) is 4.05. The maximum atomic E-state index is 12.0. The molecule has 1 rings (SSSR count). The first-order valence-corrected chi connectivity index (χ1v) is 5.05. The number of rotatable bonds is 3. The van der Waals surface area contributed by atoms with Crippen LogP contribution in [0.2, 0.25) is 0 Å². The van der Waals surface area contributed by atoms with Crippen LogP contribution in [0, 0.1) is 5.92 Å². The lowest BCUT2D eigenvalue weighted by Crippen LogP contribution is -2.57. The van der Waals surface area contributed by atoms with Gasteiger partial charge in [-0.2, -0.15) is 13.2 Å². The molecule has 0 aromatic heterocycles. The van der Waals surface area contributed by atoms with Gasteiger partial charge in [-0.3, -0.25) is 9.59 Å². The Morgan fingerprint density at radius 2 is 1.94 bits per heavy atom. The van der Waals surface area contributed by atoms with E-state index in [-0.39, 0.29) is 31.5 Å². The molecule has 1 aliphatic heterocycles. The van der Waals surface area contributed by atoms with Crippen molar-refractivity contribution in [3.05, 3.63) is 0 Å². The summed E-state index contributed by atoms with van der Waals surface area (Å²) >= 11 is 0. The molecular formula is C9H14F3N3O2. The number of hydrogen-bond acceptors (Lipinski definition) is 3. The molecule has 0 aromatic carbocycles. The van der Waals surface area contributed by atoms with E-state index in [2.05, 4.69) is 0 Å². The van der Waals surface area contributed by atoms with Crippen molar-refractivity contribution >= 4 is 11.8 Å². The molecule has 0 spiro atoms. The Kier molecular flexibility index (Phi) is 3.97. The minimum absolute atomic E-state index is 0.0283. The van der Waals surface area contributed by atoms with Crippen LogP contribution in [0.3, 0.4) is 0 Å². The van der Waals surface area contributed by atoms with Gasteiger partial charge in [0.05, 0.1) is 6.54 Å². The summed E-state index contributed by atoms with van der Waals surface area (Å²) in [5, 5.41) is 0. The molecule has 0 unspecified atom stereocenters. The monoisotopic (exact) mass is 253 g/mol. The number of halogens is 3. The number of hydrogen-bond donors (Lipinski definition) is 1. The molecular weight excluding hydrogens is 239 g/mol. The van der Waals surface area contributed by atoms with Gasteiger partial charge in [-0.05, 0) is 0 Å². The van der Waals surface area contributed by atoms with E-state index in [1.165, 1.54) is 11.9 Å². The minimum atomic E-state index is -4.82. The van der Waals surface area contributed by atoms with Crippen molar-refractivity contribution in [2.45, 2.75) is 6.18 Å². The van der Waals surface area contributed by atoms with Crippen molar-refractivity contribution in [1.82, 2.24) is 9.80 Å². The lowest BCUT2D eigenvalue weighted by molar-refractivity contribution is -0.191. The molecule has 2 amide bonds. The second kappa shape index (κ2) is 4.91. The van der Waals surface area contributed by atoms with Crippen LogP contribution >= 0.6 is 0 Å². The van der Waals surface area contributed by atoms with Crippen molar-refractivity contribution in [1.29, 1.82) is 0 Å². The summed E-state index contributed by atoms with van der Waals surface area (Å²) in [6, 6.07) is 0. The quantitative estimate of drug-likeness (QED) is 0.732. The predicted molar refractivity (Wildman–Crippen MR) is 52.8 cm³/mol. The maximum absolute atomic E-state index is 12.0. The van der Waals surface area contributed by atoms with Gasteiger partial charge in [0.2, 0.25) is 5.91 Å². The Labute approximate surface area is 96.3 Å². The standard InChI is InChI=1S/C9H14F3N3O2/c1-14(7(16)2-13)3-6-4-15(5-6)8(17)9(10,11)12/h6H,2-5,13H2,1H3. The number of likely N-dealkylation sites (N-methyl/N-ethyl adjacent to an activating group) is 1. The van der Waals surface area contributed by atoms with E-state index in [0.717, 1.165) is 4.90 Å². The highest BCUT2D eigenvalue weighted by molar-refractivity contribution is 5.82. The SMILES string of the molecule is CN(CC1CN(C(=O)C(F)(F)F)C1)C(=O)CN. The van der Waals surface area contributed by atoms with Crippen LogP contribution in [0.1, 0.15) is 0 Å². The van der Waals surface area contributed by atoms with Gasteiger partial charge in [0.15, 0.2) is 0 Å². The number of likely N-dealkylation sites (tertiary alicyclic amines) is 1. The summed E-state index contributed by atoms with van der Waals surface area (Å²) in [5.41, 5.74) is 5.14. The molecule has 17 heavy (non-hydrogen) atoms. The zero-order valence-corrected chi connectivity index (χ0v) is 9.33. The molecule has 0 atom stereocenters. The summed E-state index contributed by atoms with van der Waals surface area (Å²) in [7, 11) is 1.53. The highest BCUT2D eigenvalue weighted by Crippen LogP contribution is 2.25. The number of nitrogens with two attached hydrogens (primary N) is 1. The first-order valence-electron chi connectivity index (χ1n) is 5.05. The Bertz CT molecular complexity index is 313. The van der Waals surface area contributed by atoms with Crippen LogP contribution < -0.4 is 5.73 Å². The molecule has 5 nitrogen and oxygen atoms in total. The molecule has 98 valence electrons. The van der Waals surface area contributed by atoms with Gasteiger partial charge in [-0.15, -0.1) is 0 Å². The van der Waals surface area contributed by atoms with Crippen LogP contribution in [-0.2, 0) is 9.59 Å². The first-order chi connectivity index (χ1) is 7.75. The Morgan fingerprint density at radius 1 is 1.41 bits per heavy atom. The van der Waals surface area contributed by atoms with Crippen molar-refractivity contribution in [2.24, 2.45) is 11.7 Å². The molecule has 0 aliphatic carbocycles. The summed E-state index contributed by atoms with van der Waals surface area (Å²) < 4.78 is 36.1. The van der Waals surface area contributed by atoms with Gasteiger partial charge in [0, 0.05) is 32.6 Å².